The number of hydrogen-bond acceptors (Lipinski definition) is 2. The van der Waals surface area contributed by atoms with Crippen molar-refractivity contribution in [1.82, 2.24) is 5.06 Å². The van der Waals surface area contributed by atoms with Gasteiger partial charge >= 0.3 is 0 Å². The van der Waals surface area contributed by atoms with Gasteiger partial charge in [-0.2, -0.15) is 0 Å². The molecule has 0 heterocycles. The number of benzene rings is 1. The van der Waals surface area contributed by atoms with Crippen LogP contribution in [0.4, 0.5) is 0 Å². The third kappa shape index (κ3) is 3.30. The lowest BCUT2D eigenvalue weighted by molar-refractivity contribution is -0.124. The molecule has 0 bridgehead atoms. The molecule has 3 heteroatoms. The molecule has 1 aromatic carbocycles. The van der Waals surface area contributed by atoms with E-state index in [2.05, 4.69) is 6.92 Å². The molecule has 0 aliphatic heterocycles. The fourth-order valence-electron chi connectivity index (χ4n) is 1.56. The van der Waals surface area contributed by atoms with Gasteiger partial charge in [0.15, 0.2) is 0 Å². The lowest BCUT2D eigenvalue weighted by atomic mass is 10.1. The van der Waals surface area contributed by atoms with Crippen molar-refractivity contribution in [3.05, 3.63) is 42.3 Å². The standard InChI is InChI=1S/C14H18NO2/c1-3-15(17-10-12-6-7-12)14(16)13-8-4-11(2)5-9-13/h4-5,8-9,12H,2-3,6-7,10H2,1H3. The van der Waals surface area contributed by atoms with Gasteiger partial charge in [0.2, 0.25) is 0 Å². The van der Waals surface area contributed by atoms with Crippen molar-refractivity contribution in [3.8, 4) is 0 Å². The number of carbonyl (C=O) groups excluding carboxylic acids is 1. The van der Waals surface area contributed by atoms with Crippen molar-refractivity contribution >= 4 is 5.91 Å². The monoisotopic (exact) mass is 232 g/mol. The van der Waals surface area contributed by atoms with Gasteiger partial charge in [-0.25, -0.2) is 5.06 Å². The van der Waals surface area contributed by atoms with E-state index < -0.39 is 0 Å². The zero-order chi connectivity index (χ0) is 12.3. The highest BCUT2D eigenvalue weighted by Gasteiger charge is 2.24. The third-order valence-electron chi connectivity index (χ3n) is 2.88. The molecule has 91 valence electrons. The number of hydrogen-bond donors (Lipinski definition) is 0. The molecule has 0 N–H and O–H groups in total. The van der Waals surface area contributed by atoms with Gasteiger partial charge in [0.25, 0.3) is 5.91 Å². The largest absolute Gasteiger partial charge is 0.277 e. The second-order valence-electron chi connectivity index (χ2n) is 4.44. The Hall–Kier alpha value is -1.35. The Morgan fingerprint density at radius 2 is 2.06 bits per heavy atom. The molecule has 0 unspecified atom stereocenters. The van der Waals surface area contributed by atoms with Crippen LogP contribution in [-0.2, 0) is 4.84 Å². The molecule has 3 nitrogen and oxygen atoms in total. The molecule has 2 rings (SSSR count). The van der Waals surface area contributed by atoms with Crippen molar-refractivity contribution < 1.29 is 9.63 Å². The lowest BCUT2D eigenvalue weighted by Crippen LogP contribution is -2.31. The minimum atomic E-state index is -0.0758. The van der Waals surface area contributed by atoms with Crippen LogP contribution >= 0.6 is 0 Å². The van der Waals surface area contributed by atoms with Crippen molar-refractivity contribution in [3.63, 3.8) is 0 Å². The van der Waals surface area contributed by atoms with Gasteiger partial charge in [-0.1, -0.05) is 12.1 Å². The Bertz CT molecular complexity index is 382. The summed E-state index contributed by atoms with van der Waals surface area (Å²) in [6, 6.07) is 7.24. The zero-order valence-corrected chi connectivity index (χ0v) is 10.2. The first-order valence-corrected chi connectivity index (χ1v) is 6.07. The predicted octanol–water partition coefficient (Wildman–Crippen LogP) is 2.67. The number of hydroxylamine groups is 2. The second-order valence-corrected chi connectivity index (χ2v) is 4.44. The number of carbonyl (C=O) groups is 1. The highest BCUT2D eigenvalue weighted by atomic mass is 16.7. The van der Waals surface area contributed by atoms with E-state index in [1.165, 1.54) is 17.9 Å². The molecular weight excluding hydrogens is 214 g/mol. The summed E-state index contributed by atoms with van der Waals surface area (Å²) in [7, 11) is 0. The van der Waals surface area contributed by atoms with Crippen LogP contribution in [0.5, 0.6) is 0 Å². The molecule has 0 spiro atoms. The average Bonchev–Trinajstić information content (AvgIpc) is 3.14. The van der Waals surface area contributed by atoms with Gasteiger partial charge in [-0.15, -0.1) is 0 Å². The number of amides is 1. The first-order valence-electron chi connectivity index (χ1n) is 6.07. The van der Waals surface area contributed by atoms with Crippen LogP contribution in [0.15, 0.2) is 24.3 Å². The maximum atomic E-state index is 12.1. The summed E-state index contributed by atoms with van der Waals surface area (Å²) in [6.07, 6.45) is 2.45. The van der Waals surface area contributed by atoms with E-state index in [1.54, 1.807) is 12.1 Å². The lowest BCUT2D eigenvalue weighted by Gasteiger charge is -2.20. The molecule has 17 heavy (non-hydrogen) atoms. The van der Waals surface area contributed by atoms with E-state index in [0.29, 0.717) is 24.6 Å². The summed E-state index contributed by atoms with van der Waals surface area (Å²) < 4.78 is 0. The van der Waals surface area contributed by atoms with Crippen LogP contribution in [0.1, 0.15) is 35.7 Å². The van der Waals surface area contributed by atoms with Gasteiger partial charge in [0, 0.05) is 12.1 Å². The Balaban J connectivity index is 1.97. The number of rotatable bonds is 5. The quantitative estimate of drug-likeness (QED) is 0.730. The summed E-state index contributed by atoms with van der Waals surface area (Å²) in [5, 5.41) is 1.44. The molecule has 1 radical (unpaired) electrons. The molecule has 0 atom stereocenters. The van der Waals surface area contributed by atoms with E-state index in [9.17, 15) is 4.79 Å². The van der Waals surface area contributed by atoms with Crippen LogP contribution in [0.3, 0.4) is 0 Å². The molecule has 1 amide bonds. The Morgan fingerprint density at radius 1 is 1.41 bits per heavy atom. The number of nitrogens with zero attached hydrogens (tertiary/aromatic N) is 1. The normalized spacial score (nSPS) is 14.7. The summed E-state index contributed by atoms with van der Waals surface area (Å²) in [5.74, 6) is 0.576. The summed E-state index contributed by atoms with van der Waals surface area (Å²) in [6.45, 7) is 6.94. The fraction of sp³-hybridized carbons (Fsp3) is 0.429. The van der Waals surface area contributed by atoms with E-state index in [1.807, 2.05) is 19.1 Å². The Kier molecular flexibility index (Phi) is 3.79. The molecular formula is C14H18NO2. The van der Waals surface area contributed by atoms with Gasteiger partial charge < -0.3 is 0 Å². The van der Waals surface area contributed by atoms with Crippen LogP contribution in [0, 0.1) is 12.8 Å². The summed E-state index contributed by atoms with van der Waals surface area (Å²) in [5.41, 5.74) is 1.55. The highest BCUT2D eigenvalue weighted by Crippen LogP contribution is 2.29. The minimum Gasteiger partial charge on any atom is -0.270 e. The molecule has 0 saturated heterocycles. The fourth-order valence-corrected chi connectivity index (χ4v) is 1.56. The predicted molar refractivity (Wildman–Crippen MR) is 66.3 cm³/mol. The first-order chi connectivity index (χ1) is 8.20. The molecule has 1 aromatic rings. The topological polar surface area (TPSA) is 29.5 Å². The Morgan fingerprint density at radius 3 is 2.59 bits per heavy atom. The highest BCUT2D eigenvalue weighted by molar-refractivity contribution is 5.93. The molecule has 1 fully saturated rings. The molecule has 1 aliphatic rings. The molecule has 0 aromatic heterocycles. The van der Waals surface area contributed by atoms with Crippen molar-refractivity contribution in [2.75, 3.05) is 13.2 Å². The van der Waals surface area contributed by atoms with E-state index >= 15 is 0 Å². The summed E-state index contributed by atoms with van der Waals surface area (Å²) in [4.78, 5) is 17.6. The second kappa shape index (κ2) is 5.32. The van der Waals surface area contributed by atoms with Crippen LogP contribution < -0.4 is 0 Å². The smallest absolute Gasteiger partial charge is 0.270 e. The first kappa shape index (κ1) is 12.1. The van der Waals surface area contributed by atoms with Crippen molar-refractivity contribution in [2.45, 2.75) is 19.8 Å². The van der Waals surface area contributed by atoms with Crippen molar-refractivity contribution in [1.29, 1.82) is 0 Å². The van der Waals surface area contributed by atoms with Gasteiger partial charge in [-0.3, -0.25) is 9.63 Å². The van der Waals surface area contributed by atoms with E-state index in [-0.39, 0.29) is 5.91 Å². The van der Waals surface area contributed by atoms with Gasteiger partial charge in [-0.05, 0) is 50.3 Å². The van der Waals surface area contributed by atoms with Crippen LogP contribution in [0.2, 0.25) is 0 Å². The summed E-state index contributed by atoms with van der Waals surface area (Å²) >= 11 is 0. The van der Waals surface area contributed by atoms with E-state index in [4.69, 9.17) is 4.84 Å². The van der Waals surface area contributed by atoms with Crippen LogP contribution in [-0.4, -0.2) is 24.1 Å². The third-order valence-corrected chi connectivity index (χ3v) is 2.88. The maximum absolute atomic E-state index is 12.1. The van der Waals surface area contributed by atoms with Crippen LogP contribution in [0.25, 0.3) is 0 Å². The Labute approximate surface area is 102 Å². The molecule has 1 aliphatic carbocycles. The van der Waals surface area contributed by atoms with Crippen molar-refractivity contribution in [2.24, 2.45) is 5.92 Å². The maximum Gasteiger partial charge on any atom is 0.277 e. The van der Waals surface area contributed by atoms with Gasteiger partial charge in [0.05, 0.1) is 6.61 Å². The SMILES string of the molecule is [CH2]c1ccc(C(=O)N(CC)OCC2CC2)cc1. The average molecular weight is 232 g/mol. The zero-order valence-electron chi connectivity index (χ0n) is 10.2. The van der Waals surface area contributed by atoms with E-state index in [0.717, 1.165) is 5.56 Å². The molecule has 1 saturated carbocycles. The van der Waals surface area contributed by atoms with Gasteiger partial charge in [0.1, 0.15) is 0 Å². The minimum absolute atomic E-state index is 0.0758.